The first-order valence-electron chi connectivity index (χ1n) is 13.4. The molecular formula is C25H40N8O. The van der Waals surface area contributed by atoms with Gasteiger partial charge >= 0.3 is 0 Å². The Hall–Kier alpha value is -2.42. The van der Waals surface area contributed by atoms with Gasteiger partial charge in [0.2, 0.25) is 11.9 Å². The van der Waals surface area contributed by atoms with Gasteiger partial charge in [0, 0.05) is 43.7 Å². The number of rotatable bonds is 7. The van der Waals surface area contributed by atoms with Crippen LogP contribution in [0.3, 0.4) is 0 Å². The molecule has 3 heterocycles. The molecule has 5 rings (SSSR count). The van der Waals surface area contributed by atoms with Crippen molar-refractivity contribution in [1.82, 2.24) is 24.4 Å². The van der Waals surface area contributed by atoms with E-state index in [1.165, 1.54) is 25.7 Å². The lowest BCUT2D eigenvalue weighted by Gasteiger charge is -2.33. The Morgan fingerprint density at radius 2 is 1.71 bits per heavy atom. The van der Waals surface area contributed by atoms with Gasteiger partial charge in [-0.2, -0.15) is 9.97 Å². The molecule has 1 amide bonds. The topological polar surface area (TPSA) is 114 Å². The van der Waals surface area contributed by atoms with Gasteiger partial charge in [-0.3, -0.25) is 4.79 Å². The highest BCUT2D eigenvalue weighted by molar-refractivity contribution is 5.84. The van der Waals surface area contributed by atoms with Crippen LogP contribution >= 0.6 is 0 Å². The highest BCUT2D eigenvalue weighted by atomic mass is 16.2. The average molecular weight is 469 g/mol. The summed E-state index contributed by atoms with van der Waals surface area (Å²) in [5.74, 6) is 1.78. The minimum absolute atomic E-state index is 0.277. The molecule has 0 spiro atoms. The number of nitrogens with one attached hydrogen (secondary N) is 2. The van der Waals surface area contributed by atoms with E-state index in [-0.39, 0.29) is 11.9 Å². The Balaban J connectivity index is 1.36. The number of nitrogens with two attached hydrogens (primary N) is 1. The normalized spacial score (nSPS) is 24.6. The number of imidazole rings is 1. The number of hydrogen-bond donors (Lipinski definition) is 3. The Morgan fingerprint density at radius 3 is 2.41 bits per heavy atom. The van der Waals surface area contributed by atoms with Crippen molar-refractivity contribution in [3.05, 3.63) is 6.33 Å². The molecule has 186 valence electrons. The van der Waals surface area contributed by atoms with Crippen LogP contribution in [0.15, 0.2) is 6.33 Å². The SMILES string of the molecule is CCCC(=O)N1CCC(Nc2nc(NC3CCC(N)CC3)nc3c2ncn3C2CCCC2)CC1. The van der Waals surface area contributed by atoms with Gasteiger partial charge in [0.05, 0.1) is 6.33 Å². The molecule has 9 nitrogen and oxygen atoms in total. The van der Waals surface area contributed by atoms with Crippen molar-refractivity contribution in [3.63, 3.8) is 0 Å². The lowest BCUT2D eigenvalue weighted by molar-refractivity contribution is -0.132. The third kappa shape index (κ3) is 5.14. The number of hydrogen-bond acceptors (Lipinski definition) is 7. The molecule has 3 fully saturated rings. The van der Waals surface area contributed by atoms with Crippen molar-refractivity contribution < 1.29 is 4.79 Å². The van der Waals surface area contributed by atoms with Gasteiger partial charge in [-0.25, -0.2) is 4.98 Å². The summed E-state index contributed by atoms with van der Waals surface area (Å²) in [5.41, 5.74) is 7.89. The van der Waals surface area contributed by atoms with E-state index in [1.807, 2.05) is 11.2 Å². The van der Waals surface area contributed by atoms with Gasteiger partial charge in [-0.05, 0) is 57.8 Å². The summed E-state index contributed by atoms with van der Waals surface area (Å²) < 4.78 is 2.27. The zero-order valence-corrected chi connectivity index (χ0v) is 20.5. The third-order valence-corrected chi connectivity index (χ3v) is 7.90. The van der Waals surface area contributed by atoms with Crippen LogP contribution in [0, 0.1) is 0 Å². The van der Waals surface area contributed by atoms with Crippen LogP contribution in [0.5, 0.6) is 0 Å². The molecule has 34 heavy (non-hydrogen) atoms. The first-order chi connectivity index (χ1) is 16.6. The van der Waals surface area contributed by atoms with E-state index >= 15 is 0 Å². The van der Waals surface area contributed by atoms with E-state index in [0.29, 0.717) is 30.5 Å². The molecule has 1 aliphatic heterocycles. The standard InChI is InChI=1S/C25H40N8O/c1-2-5-21(34)32-14-12-19(13-15-32)28-23-22-24(33(16-27-22)20-6-3-4-7-20)31-25(30-23)29-18-10-8-17(26)9-11-18/h16-20H,2-15,26H2,1H3,(H2,28,29,30,31). The molecule has 0 unspecified atom stereocenters. The maximum absolute atomic E-state index is 12.3. The smallest absolute Gasteiger partial charge is 0.227 e. The van der Waals surface area contributed by atoms with Crippen LogP contribution in [-0.2, 0) is 4.79 Å². The molecule has 2 aromatic heterocycles. The van der Waals surface area contributed by atoms with Crippen LogP contribution in [0.4, 0.5) is 11.8 Å². The first kappa shape index (κ1) is 23.3. The second-order valence-electron chi connectivity index (χ2n) is 10.5. The number of anilines is 2. The fraction of sp³-hybridized carbons (Fsp3) is 0.760. The minimum atomic E-state index is 0.277. The zero-order valence-electron chi connectivity index (χ0n) is 20.5. The van der Waals surface area contributed by atoms with Gasteiger partial charge in [0.15, 0.2) is 17.0 Å². The maximum Gasteiger partial charge on any atom is 0.227 e. The molecule has 2 saturated carbocycles. The van der Waals surface area contributed by atoms with Crippen LogP contribution in [0.2, 0.25) is 0 Å². The highest BCUT2D eigenvalue weighted by Crippen LogP contribution is 2.34. The minimum Gasteiger partial charge on any atom is -0.365 e. The van der Waals surface area contributed by atoms with Crippen molar-refractivity contribution in [3.8, 4) is 0 Å². The lowest BCUT2D eigenvalue weighted by atomic mass is 9.92. The molecule has 0 bridgehead atoms. The third-order valence-electron chi connectivity index (χ3n) is 7.90. The predicted molar refractivity (Wildman–Crippen MR) is 135 cm³/mol. The number of amides is 1. The summed E-state index contributed by atoms with van der Waals surface area (Å²) in [6.07, 6.45) is 14.4. The molecule has 2 aromatic rings. The molecular weight excluding hydrogens is 428 g/mol. The second-order valence-corrected chi connectivity index (χ2v) is 10.5. The second kappa shape index (κ2) is 10.5. The monoisotopic (exact) mass is 468 g/mol. The number of carbonyl (C=O) groups is 1. The number of fused-ring (bicyclic) bond motifs is 1. The van der Waals surface area contributed by atoms with E-state index in [4.69, 9.17) is 20.7 Å². The molecule has 0 aromatic carbocycles. The number of nitrogens with zero attached hydrogens (tertiary/aromatic N) is 5. The van der Waals surface area contributed by atoms with E-state index < -0.39 is 0 Å². The molecule has 9 heteroatoms. The summed E-state index contributed by atoms with van der Waals surface area (Å²) in [6.45, 7) is 3.66. The van der Waals surface area contributed by atoms with E-state index in [0.717, 1.165) is 75.0 Å². The Kier molecular flexibility index (Phi) is 7.18. The van der Waals surface area contributed by atoms with E-state index in [2.05, 4.69) is 22.1 Å². The largest absolute Gasteiger partial charge is 0.365 e. The van der Waals surface area contributed by atoms with Crippen molar-refractivity contribution in [2.24, 2.45) is 5.73 Å². The summed E-state index contributed by atoms with van der Waals surface area (Å²) in [5, 5.41) is 7.28. The predicted octanol–water partition coefficient (Wildman–Crippen LogP) is 3.83. The summed E-state index contributed by atoms with van der Waals surface area (Å²) >= 11 is 0. The quantitative estimate of drug-likeness (QED) is 0.566. The van der Waals surface area contributed by atoms with Crippen LogP contribution in [0.1, 0.15) is 90.0 Å². The van der Waals surface area contributed by atoms with Crippen molar-refractivity contribution in [2.75, 3.05) is 23.7 Å². The van der Waals surface area contributed by atoms with E-state index in [1.54, 1.807) is 0 Å². The van der Waals surface area contributed by atoms with Crippen molar-refractivity contribution >= 4 is 28.8 Å². The molecule has 0 atom stereocenters. The number of piperidine rings is 1. The molecule has 2 aliphatic carbocycles. The Morgan fingerprint density at radius 1 is 1.00 bits per heavy atom. The highest BCUT2D eigenvalue weighted by Gasteiger charge is 2.26. The van der Waals surface area contributed by atoms with Gasteiger partial charge in [-0.1, -0.05) is 19.8 Å². The van der Waals surface area contributed by atoms with Gasteiger partial charge in [0.1, 0.15) is 0 Å². The summed E-state index contributed by atoms with van der Waals surface area (Å²) in [6, 6.07) is 1.43. The van der Waals surface area contributed by atoms with Gasteiger partial charge in [-0.15, -0.1) is 0 Å². The fourth-order valence-corrected chi connectivity index (χ4v) is 5.82. The zero-order chi connectivity index (χ0) is 23.5. The Bertz CT molecular complexity index is 969. The number of likely N-dealkylation sites (tertiary alicyclic amines) is 1. The lowest BCUT2D eigenvalue weighted by Crippen LogP contribution is -2.42. The van der Waals surface area contributed by atoms with E-state index in [9.17, 15) is 4.79 Å². The molecule has 3 aliphatic rings. The van der Waals surface area contributed by atoms with Crippen molar-refractivity contribution in [2.45, 2.75) is 108 Å². The number of aromatic nitrogens is 4. The first-order valence-corrected chi connectivity index (χ1v) is 13.4. The maximum atomic E-state index is 12.3. The summed E-state index contributed by atoms with van der Waals surface area (Å²) in [4.78, 5) is 28.9. The number of carbonyl (C=O) groups excluding carboxylic acids is 1. The molecule has 1 saturated heterocycles. The molecule has 4 N–H and O–H groups in total. The fourth-order valence-electron chi connectivity index (χ4n) is 5.82. The Labute approximate surface area is 202 Å². The van der Waals surface area contributed by atoms with Crippen LogP contribution in [-0.4, -0.2) is 61.5 Å². The van der Waals surface area contributed by atoms with Crippen LogP contribution in [0.25, 0.3) is 11.2 Å². The summed E-state index contributed by atoms with van der Waals surface area (Å²) in [7, 11) is 0. The van der Waals surface area contributed by atoms with Crippen molar-refractivity contribution in [1.29, 1.82) is 0 Å². The molecule has 0 radical (unpaired) electrons. The van der Waals surface area contributed by atoms with Crippen LogP contribution < -0.4 is 16.4 Å². The average Bonchev–Trinajstić information content (AvgIpc) is 3.51. The van der Waals surface area contributed by atoms with Gasteiger partial charge < -0.3 is 25.8 Å². The van der Waals surface area contributed by atoms with Gasteiger partial charge in [0.25, 0.3) is 0 Å².